The third-order valence-corrected chi connectivity index (χ3v) is 5.12. The number of esters is 1. The summed E-state index contributed by atoms with van der Waals surface area (Å²) in [7, 11) is 0. The predicted octanol–water partition coefficient (Wildman–Crippen LogP) is 2.89. The number of fused-ring (bicyclic) bond motifs is 1. The number of hydrogen-bond acceptors (Lipinski definition) is 7. The molecule has 0 unspecified atom stereocenters. The van der Waals surface area contributed by atoms with Crippen molar-refractivity contribution in [3.05, 3.63) is 57.0 Å². The topological polar surface area (TPSA) is 94.2 Å². The van der Waals surface area contributed by atoms with Gasteiger partial charge in [0, 0.05) is 0 Å². The van der Waals surface area contributed by atoms with Crippen molar-refractivity contribution >= 4 is 27.5 Å². The first kappa shape index (κ1) is 18.6. The maximum Gasteiger partial charge on any atom is 0.348 e. The van der Waals surface area contributed by atoms with Gasteiger partial charge in [-0.2, -0.15) is 5.26 Å². The first-order valence-corrected chi connectivity index (χ1v) is 9.15. The molecule has 1 aromatic carbocycles. The first-order valence-electron chi connectivity index (χ1n) is 8.33. The predicted molar refractivity (Wildman–Crippen MR) is 101 cm³/mol. The van der Waals surface area contributed by atoms with E-state index in [2.05, 4.69) is 4.98 Å². The highest BCUT2D eigenvalue weighted by Gasteiger charge is 2.20. The van der Waals surface area contributed by atoms with Gasteiger partial charge in [0.05, 0.1) is 36.5 Å². The lowest BCUT2D eigenvalue weighted by Gasteiger charge is -2.08. The third-order valence-electron chi connectivity index (χ3n) is 3.94. The van der Waals surface area contributed by atoms with Gasteiger partial charge < -0.3 is 9.47 Å². The quantitative estimate of drug-likeness (QED) is 0.608. The fourth-order valence-corrected chi connectivity index (χ4v) is 3.66. The van der Waals surface area contributed by atoms with Gasteiger partial charge in [-0.15, -0.1) is 11.3 Å². The molecule has 0 atom stereocenters. The number of nitrogens with zero attached hydrogens (tertiary/aromatic N) is 3. The summed E-state index contributed by atoms with van der Waals surface area (Å²) in [5.41, 5.74) is 0.870. The van der Waals surface area contributed by atoms with Crippen molar-refractivity contribution in [1.82, 2.24) is 9.55 Å². The number of aromatic nitrogens is 2. The minimum Gasteiger partial charge on any atom is -0.492 e. The summed E-state index contributed by atoms with van der Waals surface area (Å²) >= 11 is 1.16. The fourth-order valence-electron chi connectivity index (χ4n) is 2.63. The second-order valence-corrected chi connectivity index (χ2v) is 6.69. The Morgan fingerprint density at radius 3 is 2.96 bits per heavy atom. The largest absolute Gasteiger partial charge is 0.492 e. The number of hydrogen-bond donors (Lipinski definition) is 0. The van der Waals surface area contributed by atoms with Crippen molar-refractivity contribution in [3.63, 3.8) is 0 Å². The van der Waals surface area contributed by atoms with Crippen molar-refractivity contribution in [2.75, 3.05) is 13.2 Å². The Morgan fingerprint density at radius 1 is 1.41 bits per heavy atom. The number of thiophene rings is 1. The molecular weight excluding hydrogens is 366 g/mol. The van der Waals surface area contributed by atoms with E-state index in [0.717, 1.165) is 11.3 Å². The molecule has 0 N–H and O–H groups in total. The van der Waals surface area contributed by atoms with Gasteiger partial charge in [0.2, 0.25) is 0 Å². The summed E-state index contributed by atoms with van der Waals surface area (Å²) in [5, 5.41) is 9.34. The molecular formula is C19H17N3O4S. The number of carbonyl (C=O) groups is 1. The number of benzene rings is 1. The van der Waals surface area contributed by atoms with E-state index in [0.29, 0.717) is 38.5 Å². The molecule has 0 bridgehead atoms. The van der Waals surface area contributed by atoms with Gasteiger partial charge in [-0.05, 0) is 37.6 Å². The molecule has 0 spiro atoms. The molecule has 0 aliphatic rings. The molecule has 2 heterocycles. The van der Waals surface area contributed by atoms with Gasteiger partial charge in [0.15, 0.2) is 0 Å². The molecule has 3 aromatic rings. The van der Waals surface area contributed by atoms with Crippen molar-refractivity contribution < 1.29 is 14.3 Å². The van der Waals surface area contributed by atoms with Gasteiger partial charge in [-0.3, -0.25) is 9.36 Å². The number of ether oxygens (including phenoxy) is 2. The van der Waals surface area contributed by atoms with E-state index in [4.69, 9.17) is 14.7 Å². The van der Waals surface area contributed by atoms with Gasteiger partial charge in [0.25, 0.3) is 5.56 Å². The van der Waals surface area contributed by atoms with Crippen LogP contribution in [0, 0.1) is 18.3 Å². The van der Waals surface area contributed by atoms with Gasteiger partial charge in [-0.1, -0.05) is 6.07 Å². The van der Waals surface area contributed by atoms with Gasteiger partial charge in [-0.25, -0.2) is 9.78 Å². The van der Waals surface area contributed by atoms with Crippen LogP contribution in [-0.4, -0.2) is 28.7 Å². The van der Waals surface area contributed by atoms with E-state index in [1.807, 2.05) is 6.07 Å². The lowest BCUT2D eigenvalue weighted by molar-refractivity contribution is 0.0531. The van der Waals surface area contributed by atoms with Crippen LogP contribution in [0.25, 0.3) is 10.2 Å². The van der Waals surface area contributed by atoms with E-state index < -0.39 is 5.97 Å². The highest BCUT2D eigenvalue weighted by Crippen LogP contribution is 2.27. The number of carbonyl (C=O) groups excluding carboxylic acids is 1. The van der Waals surface area contributed by atoms with Gasteiger partial charge in [0.1, 0.15) is 22.1 Å². The molecule has 0 saturated carbocycles. The van der Waals surface area contributed by atoms with E-state index in [1.165, 1.54) is 10.9 Å². The average molecular weight is 383 g/mol. The van der Waals surface area contributed by atoms with E-state index in [-0.39, 0.29) is 18.8 Å². The smallest absolute Gasteiger partial charge is 0.348 e. The molecule has 0 saturated heterocycles. The molecule has 27 heavy (non-hydrogen) atoms. The zero-order valence-electron chi connectivity index (χ0n) is 14.9. The highest BCUT2D eigenvalue weighted by atomic mass is 32.1. The van der Waals surface area contributed by atoms with Crippen molar-refractivity contribution in [3.8, 4) is 11.8 Å². The lowest BCUT2D eigenvalue weighted by Crippen LogP contribution is -2.23. The Labute approximate surface area is 159 Å². The molecule has 7 nitrogen and oxygen atoms in total. The van der Waals surface area contributed by atoms with Crippen molar-refractivity contribution in [1.29, 1.82) is 5.26 Å². The van der Waals surface area contributed by atoms with Crippen LogP contribution in [0.4, 0.5) is 0 Å². The maximum atomic E-state index is 12.8. The van der Waals surface area contributed by atoms with Crippen molar-refractivity contribution in [2.45, 2.75) is 20.4 Å². The zero-order chi connectivity index (χ0) is 19.4. The molecule has 3 rings (SSSR count). The van der Waals surface area contributed by atoms with Crippen molar-refractivity contribution in [2.24, 2.45) is 0 Å². The summed E-state index contributed by atoms with van der Waals surface area (Å²) in [6.07, 6.45) is 1.45. The molecule has 2 aromatic heterocycles. The summed E-state index contributed by atoms with van der Waals surface area (Å²) < 4.78 is 12.1. The zero-order valence-corrected chi connectivity index (χ0v) is 15.7. The standard InChI is InChI=1S/C19H17N3O4S/c1-3-25-19(24)16-12(2)15-17(27-16)21-11-22(18(15)23)7-8-26-14-6-4-5-13(9-14)10-20/h4-6,9,11H,3,7-8H2,1-2H3. The van der Waals surface area contributed by atoms with E-state index >= 15 is 0 Å². The minimum absolute atomic E-state index is 0.223. The first-order chi connectivity index (χ1) is 13.0. The summed E-state index contributed by atoms with van der Waals surface area (Å²) in [6.45, 7) is 4.27. The van der Waals surface area contributed by atoms with Crippen LogP contribution < -0.4 is 10.3 Å². The van der Waals surface area contributed by atoms with Crippen LogP contribution in [0.15, 0.2) is 35.4 Å². The second-order valence-electron chi connectivity index (χ2n) is 5.69. The molecule has 8 heteroatoms. The highest BCUT2D eigenvalue weighted by molar-refractivity contribution is 7.20. The SMILES string of the molecule is CCOC(=O)c1sc2ncn(CCOc3cccc(C#N)c3)c(=O)c2c1C. The Morgan fingerprint density at radius 2 is 2.22 bits per heavy atom. The third kappa shape index (κ3) is 3.83. The Kier molecular flexibility index (Phi) is 5.52. The molecule has 0 amide bonds. The van der Waals surface area contributed by atoms with E-state index in [1.54, 1.807) is 38.1 Å². The Bertz CT molecular complexity index is 1090. The molecule has 138 valence electrons. The Hall–Kier alpha value is -3.18. The summed E-state index contributed by atoms with van der Waals surface area (Å²) in [4.78, 5) is 30.0. The molecule has 0 fully saturated rings. The molecule has 0 aliphatic heterocycles. The van der Waals surface area contributed by atoms with Crippen LogP contribution >= 0.6 is 11.3 Å². The second kappa shape index (κ2) is 8.01. The van der Waals surface area contributed by atoms with Crippen LogP contribution in [0.1, 0.15) is 27.7 Å². The average Bonchev–Trinajstić information content (AvgIpc) is 3.01. The number of rotatable bonds is 6. The maximum absolute atomic E-state index is 12.8. The molecule has 0 radical (unpaired) electrons. The van der Waals surface area contributed by atoms with Crippen LogP contribution in [-0.2, 0) is 11.3 Å². The summed E-state index contributed by atoms with van der Waals surface area (Å²) in [6, 6.07) is 8.86. The van der Waals surface area contributed by atoms with Crippen LogP contribution in [0.5, 0.6) is 5.75 Å². The lowest BCUT2D eigenvalue weighted by atomic mass is 10.2. The Balaban J connectivity index is 1.80. The van der Waals surface area contributed by atoms with Crippen LogP contribution in [0.3, 0.4) is 0 Å². The van der Waals surface area contributed by atoms with Gasteiger partial charge >= 0.3 is 5.97 Å². The summed E-state index contributed by atoms with van der Waals surface area (Å²) in [5.74, 6) is 0.122. The number of nitriles is 1. The normalized spacial score (nSPS) is 10.6. The fraction of sp³-hybridized carbons (Fsp3) is 0.263. The van der Waals surface area contributed by atoms with E-state index in [9.17, 15) is 9.59 Å². The monoisotopic (exact) mass is 383 g/mol. The molecule has 0 aliphatic carbocycles. The number of aryl methyl sites for hydroxylation is 1. The minimum atomic E-state index is -0.440. The van der Waals surface area contributed by atoms with Crippen LogP contribution in [0.2, 0.25) is 0 Å².